The molecule has 0 aliphatic heterocycles. The average molecular weight is 327 g/mol. The van der Waals surface area contributed by atoms with Gasteiger partial charge >= 0.3 is 0 Å². The van der Waals surface area contributed by atoms with Crippen molar-refractivity contribution in [3.05, 3.63) is 57.6 Å². The molecule has 0 aliphatic rings. The lowest BCUT2D eigenvalue weighted by atomic mass is 10.0. The predicted octanol–water partition coefficient (Wildman–Crippen LogP) is 4.29. The summed E-state index contributed by atoms with van der Waals surface area (Å²) in [7, 11) is 3.14. The largest absolute Gasteiger partial charge is 0.497 e. The molecule has 0 heterocycles. The topological polar surface area (TPSA) is 38.7 Å². The summed E-state index contributed by atoms with van der Waals surface area (Å²) in [5.41, 5.74) is 1.53. The Balaban J connectivity index is 2.25. The van der Waals surface area contributed by atoms with E-state index in [0.717, 1.165) is 5.56 Å². The van der Waals surface area contributed by atoms with E-state index in [1.165, 1.54) is 0 Å². The smallest absolute Gasteiger partial charge is 0.122 e. The van der Waals surface area contributed by atoms with Gasteiger partial charge in [0.05, 0.1) is 20.3 Å². The minimum absolute atomic E-state index is 0.381. The van der Waals surface area contributed by atoms with Crippen molar-refractivity contribution < 1.29 is 14.6 Å². The van der Waals surface area contributed by atoms with Crippen molar-refractivity contribution in [1.29, 1.82) is 0 Å². The van der Waals surface area contributed by atoms with E-state index in [4.69, 9.17) is 32.7 Å². The first-order chi connectivity index (χ1) is 10.0. The highest BCUT2D eigenvalue weighted by atomic mass is 35.5. The molecule has 2 rings (SSSR count). The van der Waals surface area contributed by atoms with Crippen LogP contribution >= 0.6 is 23.2 Å². The molecule has 0 saturated heterocycles. The van der Waals surface area contributed by atoms with Gasteiger partial charge in [-0.2, -0.15) is 0 Å². The van der Waals surface area contributed by atoms with Crippen LogP contribution in [0.2, 0.25) is 10.0 Å². The van der Waals surface area contributed by atoms with Crippen LogP contribution < -0.4 is 9.47 Å². The second kappa shape index (κ2) is 7.03. The van der Waals surface area contributed by atoms with Crippen molar-refractivity contribution in [2.45, 2.75) is 12.5 Å². The lowest BCUT2D eigenvalue weighted by Gasteiger charge is -2.15. The van der Waals surface area contributed by atoms with Crippen molar-refractivity contribution >= 4 is 23.2 Å². The number of hydrogen-bond donors (Lipinski definition) is 1. The SMILES string of the molecule is COc1cc(OC)cc(C(O)Cc2ccc(Cl)cc2Cl)c1. The highest BCUT2D eigenvalue weighted by Gasteiger charge is 2.14. The molecule has 0 bridgehead atoms. The van der Waals surface area contributed by atoms with Gasteiger partial charge in [-0.3, -0.25) is 0 Å². The van der Waals surface area contributed by atoms with Gasteiger partial charge in [0, 0.05) is 22.5 Å². The second-order valence-electron chi connectivity index (χ2n) is 4.60. The van der Waals surface area contributed by atoms with Crippen LogP contribution in [-0.2, 0) is 6.42 Å². The van der Waals surface area contributed by atoms with Gasteiger partial charge < -0.3 is 14.6 Å². The van der Waals surface area contributed by atoms with E-state index in [9.17, 15) is 5.11 Å². The number of methoxy groups -OCH3 is 2. The summed E-state index contributed by atoms with van der Waals surface area (Å²) in [6.07, 6.45) is -0.334. The van der Waals surface area contributed by atoms with E-state index in [-0.39, 0.29) is 0 Å². The van der Waals surface area contributed by atoms with Crippen LogP contribution in [0, 0.1) is 0 Å². The Labute approximate surface area is 134 Å². The summed E-state index contributed by atoms with van der Waals surface area (Å²) in [4.78, 5) is 0. The Morgan fingerprint density at radius 3 is 2.14 bits per heavy atom. The Kier molecular flexibility index (Phi) is 5.34. The van der Waals surface area contributed by atoms with Crippen LogP contribution in [0.1, 0.15) is 17.2 Å². The van der Waals surface area contributed by atoms with Crippen LogP contribution in [-0.4, -0.2) is 19.3 Å². The quantitative estimate of drug-likeness (QED) is 0.890. The van der Waals surface area contributed by atoms with Gasteiger partial charge in [0.1, 0.15) is 11.5 Å². The normalized spacial score (nSPS) is 12.0. The third kappa shape index (κ3) is 4.03. The van der Waals surface area contributed by atoms with Crippen molar-refractivity contribution in [3.63, 3.8) is 0 Å². The number of aliphatic hydroxyl groups excluding tert-OH is 1. The van der Waals surface area contributed by atoms with Gasteiger partial charge in [0.25, 0.3) is 0 Å². The standard InChI is InChI=1S/C16H16Cl2O3/c1-20-13-5-11(6-14(9-13)21-2)16(19)7-10-3-4-12(17)8-15(10)18/h3-6,8-9,16,19H,7H2,1-2H3. The zero-order chi connectivity index (χ0) is 15.4. The Hall–Kier alpha value is -1.42. The fraction of sp³-hybridized carbons (Fsp3) is 0.250. The molecule has 0 aromatic heterocycles. The van der Waals surface area contributed by atoms with Gasteiger partial charge in [0.2, 0.25) is 0 Å². The maximum absolute atomic E-state index is 10.4. The van der Waals surface area contributed by atoms with Crippen LogP contribution in [0.3, 0.4) is 0 Å². The maximum Gasteiger partial charge on any atom is 0.122 e. The predicted molar refractivity (Wildman–Crippen MR) is 84.7 cm³/mol. The molecule has 1 atom stereocenters. The first-order valence-corrected chi connectivity index (χ1v) is 7.14. The number of ether oxygens (including phenoxy) is 2. The van der Waals surface area contributed by atoms with E-state index in [0.29, 0.717) is 33.5 Å². The van der Waals surface area contributed by atoms with E-state index in [1.54, 1.807) is 44.6 Å². The number of aliphatic hydroxyl groups is 1. The van der Waals surface area contributed by atoms with Crippen LogP contribution in [0.15, 0.2) is 36.4 Å². The van der Waals surface area contributed by atoms with Crippen LogP contribution in [0.5, 0.6) is 11.5 Å². The average Bonchev–Trinajstić information content (AvgIpc) is 2.49. The van der Waals surface area contributed by atoms with Crippen molar-refractivity contribution in [2.24, 2.45) is 0 Å². The number of hydrogen-bond acceptors (Lipinski definition) is 3. The molecule has 1 unspecified atom stereocenters. The highest BCUT2D eigenvalue weighted by molar-refractivity contribution is 6.35. The summed E-state index contributed by atoms with van der Waals surface area (Å²) in [5.74, 6) is 1.26. The lowest BCUT2D eigenvalue weighted by Crippen LogP contribution is -2.03. The monoisotopic (exact) mass is 326 g/mol. The lowest BCUT2D eigenvalue weighted by molar-refractivity contribution is 0.177. The molecular weight excluding hydrogens is 311 g/mol. The molecule has 0 amide bonds. The molecule has 0 spiro atoms. The third-order valence-corrected chi connectivity index (χ3v) is 3.77. The number of benzene rings is 2. The third-order valence-electron chi connectivity index (χ3n) is 3.19. The summed E-state index contributed by atoms with van der Waals surface area (Å²) in [6, 6.07) is 10.5. The van der Waals surface area contributed by atoms with Gasteiger partial charge in [-0.15, -0.1) is 0 Å². The summed E-state index contributed by atoms with van der Waals surface area (Å²) in [5, 5.41) is 11.5. The number of rotatable bonds is 5. The van der Waals surface area contributed by atoms with E-state index in [1.807, 2.05) is 6.07 Å². The van der Waals surface area contributed by atoms with Gasteiger partial charge in [-0.1, -0.05) is 29.3 Å². The van der Waals surface area contributed by atoms with Crippen molar-refractivity contribution in [1.82, 2.24) is 0 Å². The zero-order valence-corrected chi connectivity index (χ0v) is 13.3. The summed E-state index contributed by atoms with van der Waals surface area (Å²) in [6.45, 7) is 0. The molecule has 21 heavy (non-hydrogen) atoms. The molecule has 0 aliphatic carbocycles. The first kappa shape index (κ1) is 16.0. The van der Waals surface area contributed by atoms with Crippen LogP contribution in [0.4, 0.5) is 0 Å². The van der Waals surface area contributed by atoms with E-state index in [2.05, 4.69) is 0 Å². The molecule has 2 aromatic carbocycles. The minimum atomic E-state index is -0.715. The first-order valence-electron chi connectivity index (χ1n) is 6.38. The van der Waals surface area contributed by atoms with E-state index < -0.39 is 6.10 Å². The van der Waals surface area contributed by atoms with E-state index >= 15 is 0 Å². The highest BCUT2D eigenvalue weighted by Crippen LogP contribution is 2.30. The minimum Gasteiger partial charge on any atom is -0.497 e. The molecule has 0 radical (unpaired) electrons. The molecule has 112 valence electrons. The Morgan fingerprint density at radius 2 is 1.62 bits per heavy atom. The number of halogens is 2. The maximum atomic E-state index is 10.4. The Bertz CT molecular complexity index is 607. The molecule has 0 saturated carbocycles. The van der Waals surface area contributed by atoms with Gasteiger partial charge in [-0.25, -0.2) is 0 Å². The van der Waals surface area contributed by atoms with Crippen molar-refractivity contribution in [3.8, 4) is 11.5 Å². The molecule has 1 N–H and O–H groups in total. The second-order valence-corrected chi connectivity index (χ2v) is 5.45. The molecule has 0 fully saturated rings. The summed E-state index contributed by atoms with van der Waals surface area (Å²) >= 11 is 12.0. The molecular formula is C16H16Cl2O3. The zero-order valence-electron chi connectivity index (χ0n) is 11.8. The molecule has 5 heteroatoms. The fourth-order valence-corrected chi connectivity index (χ4v) is 2.52. The molecule has 2 aromatic rings. The van der Waals surface area contributed by atoms with Gasteiger partial charge in [0.15, 0.2) is 0 Å². The fourth-order valence-electron chi connectivity index (χ4n) is 2.04. The Morgan fingerprint density at radius 1 is 1.00 bits per heavy atom. The molecule has 3 nitrogen and oxygen atoms in total. The summed E-state index contributed by atoms with van der Waals surface area (Å²) < 4.78 is 10.4. The van der Waals surface area contributed by atoms with Crippen molar-refractivity contribution in [2.75, 3.05) is 14.2 Å². The van der Waals surface area contributed by atoms with Crippen LogP contribution in [0.25, 0.3) is 0 Å². The van der Waals surface area contributed by atoms with Gasteiger partial charge in [-0.05, 0) is 35.4 Å².